The Labute approximate surface area is 240 Å². The van der Waals surface area contributed by atoms with Crippen LogP contribution in [-0.4, -0.2) is 57.6 Å². The van der Waals surface area contributed by atoms with E-state index in [1.807, 2.05) is 0 Å². The van der Waals surface area contributed by atoms with Gasteiger partial charge in [-0.3, -0.25) is 14.7 Å². The van der Waals surface area contributed by atoms with Gasteiger partial charge in [-0.1, -0.05) is 28.9 Å². The summed E-state index contributed by atoms with van der Waals surface area (Å²) in [6, 6.07) is 12.5. The van der Waals surface area contributed by atoms with E-state index in [1.165, 1.54) is 35.3 Å². The van der Waals surface area contributed by atoms with Gasteiger partial charge >= 0.3 is 11.9 Å². The molecule has 0 saturated heterocycles. The summed E-state index contributed by atoms with van der Waals surface area (Å²) in [5.74, 6) is -0.321. The molecule has 0 radical (unpaired) electrons. The Bertz CT molecular complexity index is 1810. The highest BCUT2D eigenvalue weighted by atomic mass is 35.5. The Morgan fingerprint density at radius 1 is 1.12 bits per heavy atom. The third kappa shape index (κ3) is 5.82. The molecule has 218 valence electrons. The number of aliphatic hydroxyl groups excluding tert-OH is 1. The summed E-state index contributed by atoms with van der Waals surface area (Å²) < 4.78 is 47.5. The van der Waals surface area contributed by atoms with Gasteiger partial charge in [-0.15, -0.1) is 10.2 Å². The fourth-order valence-electron chi connectivity index (χ4n) is 3.99. The van der Waals surface area contributed by atoms with Crippen LogP contribution in [0.1, 0.15) is 27.4 Å². The first-order valence-electron chi connectivity index (χ1n) is 12.3. The number of aliphatic hydroxyl groups is 1. The summed E-state index contributed by atoms with van der Waals surface area (Å²) in [7, 11) is 0. The van der Waals surface area contributed by atoms with E-state index in [1.54, 1.807) is 38.1 Å². The van der Waals surface area contributed by atoms with Crippen molar-refractivity contribution in [2.24, 2.45) is 0 Å². The van der Waals surface area contributed by atoms with E-state index in [9.17, 15) is 27.9 Å². The van der Waals surface area contributed by atoms with Crippen molar-refractivity contribution in [2.75, 3.05) is 5.32 Å². The van der Waals surface area contributed by atoms with Gasteiger partial charge in [0.15, 0.2) is 17.8 Å². The summed E-state index contributed by atoms with van der Waals surface area (Å²) in [6.45, 7) is 2.11. The van der Waals surface area contributed by atoms with Gasteiger partial charge in [0.05, 0.1) is 23.5 Å². The van der Waals surface area contributed by atoms with Crippen molar-refractivity contribution in [1.82, 2.24) is 34.3 Å². The number of carbonyl (C=O) groups is 1. The number of alkyl halides is 3. The normalized spacial score (nSPS) is 12.5. The lowest BCUT2D eigenvalue weighted by Gasteiger charge is -2.15. The first-order chi connectivity index (χ1) is 19.9. The summed E-state index contributed by atoms with van der Waals surface area (Å²) in [5, 5.41) is 25.1. The Hall–Kier alpha value is -4.76. The Balaban J connectivity index is 1.45. The number of nitrogens with zero attached hydrogens (tertiary/aromatic N) is 7. The van der Waals surface area contributed by atoms with Crippen molar-refractivity contribution in [2.45, 2.75) is 39.2 Å². The van der Waals surface area contributed by atoms with Gasteiger partial charge in [0.1, 0.15) is 12.9 Å². The number of para-hydroxylation sites is 1. The zero-order valence-electron chi connectivity index (χ0n) is 22.0. The number of carbonyl (C=O) groups excluding carboxylic acids is 1. The lowest BCUT2D eigenvalue weighted by atomic mass is 10.1. The Morgan fingerprint density at radius 3 is 2.50 bits per heavy atom. The molecule has 12 nitrogen and oxygen atoms in total. The van der Waals surface area contributed by atoms with Gasteiger partial charge in [0, 0.05) is 16.1 Å². The minimum Gasteiger partial charge on any atom is -0.382 e. The van der Waals surface area contributed by atoms with E-state index in [-0.39, 0.29) is 29.6 Å². The Kier molecular flexibility index (Phi) is 7.71. The van der Waals surface area contributed by atoms with Crippen LogP contribution in [0.5, 0.6) is 0 Å². The van der Waals surface area contributed by atoms with Crippen molar-refractivity contribution in [3.05, 3.63) is 93.0 Å². The van der Waals surface area contributed by atoms with Gasteiger partial charge in [-0.2, -0.15) is 13.2 Å². The quantitative estimate of drug-likeness (QED) is 0.273. The van der Waals surface area contributed by atoms with Crippen LogP contribution in [0.4, 0.5) is 19.1 Å². The second-order valence-electron chi connectivity index (χ2n) is 9.24. The molecule has 0 aliphatic heterocycles. The molecular weight excluding hydrogens is 581 g/mol. The molecule has 2 aromatic carbocycles. The van der Waals surface area contributed by atoms with Crippen molar-refractivity contribution >= 4 is 23.4 Å². The largest absolute Gasteiger partial charge is 0.416 e. The molecule has 0 fully saturated rings. The van der Waals surface area contributed by atoms with Crippen LogP contribution in [0.15, 0.2) is 64.2 Å². The average Bonchev–Trinajstić information content (AvgIpc) is 3.64. The van der Waals surface area contributed by atoms with E-state index in [0.717, 1.165) is 9.25 Å². The molecule has 0 aliphatic rings. The van der Waals surface area contributed by atoms with Gasteiger partial charge in [0.2, 0.25) is 5.88 Å². The maximum absolute atomic E-state index is 13.1. The smallest absolute Gasteiger partial charge is 0.382 e. The fraction of sp³-hybridized carbons (Fsp3) is 0.231. The van der Waals surface area contributed by atoms with Crippen LogP contribution in [0, 0.1) is 13.8 Å². The second kappa shape index (κ2) is 11.3. The number of benzene rings is 2. The topological polar surface area (TPSA) is 146 Å². The highest BCUT2D eigenvalue weighted by molar-refractivity contribution is 6.30. The number of rotatable bonds is 8. The molecule has 2 N–H and O–H groups in total. The maximum Gasteiger partial charge on any atom is 0.416 e. The van der Waals surface area contributed by atoms with Gasteiger partial charge < -0.3 is 9.63 Å². The number of halogens is 4. The van der Waals surface area contributed by atoms with Gasteiger partial charge in [0.25, 0.3) is 5.91 Å². The molecular formula is C26H22ClF3N8O4. The van der Waals surface area contributed by atoms with Crippen molar-refractivity contribution in [3.8, 4) is 17.1 Å². The summed E-state index contributed by atoms with van der Waals surface area (Å²) in [4.78, 5) is 30.4. The Morgan fingerprint density at radius 2 is 1.83 bits per heavy atom. The monoisotopic (exact) mass is 602 g/mol. The number of aromatic nitrogens is 7. The van der Waals surface area contributed by atoms with E-state index >= 15 is 0 Å². The maximum atomic E-state index is 13.1. The first kappa shape index (κ1) is 28.8. The van der Waals surface area contributed by atoms with Crippen molar-refractivity contribution < 1.29 is 27.6 Å². The highest BCUT2D eigenvalue weighted by Gasteiger charge is 2.39. The summed E-state index contributed by atoms with van der Waals surface area (Å²) >= 11 is 5.92. The average molecular weight is 603 g/mol. The van der Waals surface area contributed by atoms with E-state index in [4.69, 9.17) is 16.1 Å². The molecule has 0 bridgehead atoms. The minimum absolute atomic E-state index is 0.0812. The second-order valence-corrected chi connectivity index (χ2v) is 9.67. The van der Waals surface area contributed by atoms with E-state index in [2.05, 4.69) is 25.7 Å². The number of amides is 1. The standard InChI is InChI=1S/C26H22ClF3N8O4/c1-14-15(2)35-42-24(14)32-23(40)18-5-3-4-6-19(18)38-13-31-21(33-38)12-37-25(41)36(11-20(39)26(28,29)30)22(34-37)16-7-9-17(27)10-8-16/h3-10,13,20,39H,11-12H2,1-2H3,(H,32,40). The molecule has 1 unspecified atom stereocenters. The van der Waals surface area contributed by atoms with Gasteiger partial charge in [-0.25, -0.2) is 19.1 Å². The highest BCUT2D eigenvalue weighted by Crippen LogP contribution is 2.24. The molecule has 0 spiro atoms. The number of nitrogens with one attached hydrogen (secondary N) is 1. The number of aryl methyl sites for hydroxylation is 1. The molecule has 42 heavy (non-hydrogen) atoms. The lowest BCUT2D eigenvalue weighted by Crippen LogP contribution is -2.37. The number of hydrogen-bond acceptors (Lipinski definition) is 8. The molecule has 16 heteroatoms. The molecule has 1 amide bonds. The molecule has 1 atom stereocenters. The predicted octanol–water partition coefficient (Wildman–Crippen LogP) is 3.77. The molecule has 5 rings (SSSR count). The zero-order valence-corrected chi connectivity index (χ0v) is 22.8. The summed E-state index contributed by atoms with van der Waals surface area (Å²) in [5.41, 5.74) is 1.28. The van der Waals surface area contributed by atoms with Gasteiger partial charge in [-0.05, 0) is 50.2 Å². The molecule has 3 heterocycles. The number of anilines is 1. The third-order valence-corrected chi connectivity index (χ3v) is 6.62. The van der Waals surface area contributed by atoms with Crippen LogP contribution in [-0.2, 0) is 13.1 Å². The van der Waals surface area contributed by atoms with E-state index in [0.29, 0.717) is 27.5 Å². The van der Waals surface area contributed by atoms with Crippen LogP contribution in [0.25, 0.3) is 17.1 Å². The summed E-state index contributed by atoms with van der Waals surface area (Å²) in [6.07, 6.45) is -6.44. The van der Waals surface area contributed by atoms with Crippen molar-refractivity contribution in [3.63, 3.8) is 0 Å². The predicted molar refractivity (Wildman–Crippen MR) is 143 cm³/mol. The van der Waals surface area contributed by atoms with E-state index < -0.39 is 30.4 Å². The molecule has 0 saturated carbocycles. The minimum atomic E-state index is -4.95. The van der Waals surface area contributed by atoms with Crippen molar-refractivity contribution in [1.29, 1.82) is 0 Å². The van der Waals surface area contributed by atoms with Crippen LogP contribution in [0.3, 0.4) is 0 Å². The number of hydrogen-bond donors (Lipinski definition) is 2. The zero-order chi connectivity index (χ0) is 30.2. The lowest BCUT2D eigenvalue weighted by molar-refractivity contribution is -0.207. The SMILES string of the molecule is Cc1noc(NC(=O)c2ccccc2-n2cnc(Cn3nc(-c4ccc(Cl)cc4)n(CC(O)C(F)(F)F)c3=O)n2)c1C. The molecule has 0 aliphatic carbocycles. The fourth-order valence-corrected chi connectivity index (χ4v) is 4.11. The first-order valence-corrected chi connectivity index (χ1v) is 12.7. The van der Waals surface area contributed by atoms with Crippen LogP contribution in [0.2, 0.25) is 5.02 Å². The molecule has 5 aromatic rings. The molecule has 3 aromatic heterocycles. The van der Waals surface area contributed by atoms with Crippen LogP contribution < -0.4 is 11.0 Å². The van der Waals surface area contributed by atoms with Crippen LogP contribution >= 0.6 is 11.6 Å². The third-order valence-electron chi connectivity index (χ3n) is 6.37.